The molecule has 0 unspecified atom stereocenters. The Morgan fingerprint density at radius 1 is 1.36 bits per heavy atom. The van der Waals surface area contributed by atoms with Gasteiger partial charge in [0.25, 0.3) is 0 Å². The Bertz CT molecular complexity index is 772. The van der Waals surface area contributed by atoms with Gasteiger partial charge < -0.3 is 10.2 Å². The second kappa shape index (κ2) is 7.78. The van der Waals surface area contributed by atoms with Crippen LogP contribution in [0.1, 0.15) is 46.8 Å². The zero-order chi connectivity index (χ0) is 17.8. The summed E-state index contributed by atoms with van der Waals surface area (Å²) in [5, 5.41) is 2.77. The number of aryl methyl sites for hydroxylation is 1. The number of aromatic nitrogens is 1. The lowest BCUT2D eigenvalue weighted by Gasteiger charge is -2.25. The molecule has 0 aromatic carbocycles. The lowest BCUT2D eigenvalue weighted by molar-refractivity contribution is -0.131. The van der Waals surface area contributed by atoms with Crippen molar-refractivity contribution in [2.75, 3.05) is 6.54 Å². The number of pyridine rings is 1. The van der Waals surface area contributed by atoms with E-state index < -0.39 is 0 Å². The largest absolute Gasteiger partial charge is 0.351 e. The lowest BCUT2D eigenvalue weighted by Crippen LogP contribution is -2.31. The van der Waals surface area contributed by atoms with E-state index >= 15 is 0 Å². The van der Waals surface area contributed by atoms with Crippen LogP contribution >= 0.6 is 11.3 Å². The summed E-state index contributed by atoms with van der Waals surface area (Å²) in [5.41, 5.74) is 1.92. The van der Waals surface area contributed by atoms with Gasteiger partial charge in [0.05, 0.1) is 24.7 Å². The summed E-state index contributed by atoms with van der Waals surface area (Å²) in [6.07, 6.45) is 4.22. The summed E-state index contributed by atoms with van der Waals surface area (Å²) in [4.78, 5) is 32.5. The third-order valence-electron chi connectivity index (χ3n) is 4.44. The van der Waals surface area contributed by atoms with Crippen molar-refractivity contribution in [2.45, 2.75) is 45.7 Å². The van der Waals surface area contributed by atoms with Crippen molar-refractivity contribution in [3.05, 3.63) is 51.5 Å². The maximum absolute atomic E-state index is 12.8. The summed E-state index contributed by atoms with van der Waals surface area (Å²) in [7, 11) is 0. The molecule has 2 aromatic heterocycles. The lowest BCUT2D eigenvalue weighted by atomic mass is 10.0. The molecule has 0 bridgehead atoms. The molecule has 0 saturated carbocycles. The van der Waals surface area contributed by atoms with Crippen LogP contribution < -0.4 is 5.32 Å². The highest BCUT2D eigenvalue weighted by Gasteiger charge is 2.30. The van der Waals surface area contributed by atoms with E-state index in [-0.39, 0.29) is 17.9 Å². The molecule has 2 amide bonds. The standard InChI is InChI=1S/C19H23N3O2S/c1-13-5-6-17(25-13)11-19(24)22-9-3-4-18(22)15-7-8-20-16(10-15)12-21-14(2)23/h5-8,10,18H,3-4,9,11-12H2,1-2H3,(H,21,23)/t18-/m0/s1. The molecule has 1 aliphatic heterocycles. The maximum atomic E-state index is 12.8. The summed E-state index contributed by atoms with van der Waals surface area (Å²) >= 11 is 1.69. The summed E-state index contributed by atoms with van der Waals surface area (Å²) < 4.78 is 0. The third-order valence-corrected chi connectivity index (χ3v) is 5.44. The summed E-state index contributed by atoms with van der Waals surface area (Å²) in [5.74, 6) is 0.112. The van der Waals surface area contributed by atoms with Crippen molar-refractivity contribution in [1.29, 1.82) is 0 Å². The fourth-order valence-corrected chi connectivity index (χ4v) is 4.14. The molecule has 1 fully saturated rings. The quantitative estimate of drug-likeness (QED) is 0.895. The second-order valence-electron chi connectivity index (χ2n) is 6.42. The first-order valence-corrected chi connectivity index (χ1v) is 9.38. The predicted molar refractivity (Wildman–Crippen MR) is 98.2 cm³/mol. The number of likely N-dealkylation sites (tertiary alicyclic amines) is 1. The first-order chi connectivity index (χ1) is 12.0. The number of carbonyl (C=O) groups is 2. The van der Waals surface area contributed by atoms with Crippen LogP contribution in [-0.4, -0.2) is 28.2 Å². The number of amides is 2. The Hall–Kier alpha value is -2.21. The van der Waals surface area contributed by atoms with Gasteiger partial charge in [-0.15, -0.1) is 11.3 Å². The van der Waals surface area contributed by atoms with Gasteiger partial charge in [0.2, 0.25) is 11.8 Å². The second-order valence-corrected chi connectivity index (χ2v) is 7.80. The molecule has 132 valence electrons. The highest BCUT2D eigenvalue weighted by Crippen LogP contribution is 2.33. The van der Waals surface area contributed by atoms with Gasteiger partial charge in [0.1, 0.15) is 0 Å². The van der Waals surface area contributed by atoms with E-state index in [9.17, 15) is 9.59 Å². The van der Waals surface area contributed by atoms with Crippen LogP contribution in [0.3, 0.4) is 0 Å². The first kappa shape index (κ1) is 17.6. The van der Waals surface area contributed by atoms with Crippen molar-refractivity contribution < 1.29 is 9.59 Å². The average Bonchev–Trinajstić information content (AvgIpc) is 3.22. The van der Waals surface area contributed by atoms with Gasteiger partial charge in [-0.2, -0.15) is 0 Å². The van der Waals surface area contributed by atoms with E-state index in [1.54, 1.807) is 17.5 Å². The number of nitrogens with zero attached hydrogens (tertiary/aromatic N) is 2. The Kier molecular flexibility index (Phi) is 5.48. The molecule has 0 spiro atoms. The molecule has 6 heteroatoms. The minimum absolute atomic E-state index is 0.0730. The van der Waals surface area contributed by atoms with Gasteiger partial charge >= 0.3 is 0 Å². The Labute approximate surface area is 152 Å². The van der Waals surface area contributed by atoms with Crippen LogP contribution in [0.4, 0.5) is 0 Å². The number of nitrogens with one attached hydrogen (secondary N) is 1. The van der Waals surface area contributed by atoms with Crippen molar-refractivity contribution in [2.24, 2.45) is 0 Å². The number of rotatable bonds is 5. The Morgan fingerprint density at radius 2 is 2.20 bits per heavy atom. The van der Waals surface area contributed by atoms with Crippen molar-refractivity contribution >= 4 is 23.2 Å². The molecule has 3 rings (SSSR count). The SMILES string of the molecule is CC(=O)NCc1cc([C@@H]2CCCN2C(=O)Cc2ccc(C)s2)ccn1. The number of hydrogen-bond donors (Lipinski definition) is 1. The topological polar surface area (TPSA) is 62.3 Å². The molecule has 3 heterocycles. The highest BCUT2D eigenvalue weighted by molar-refractivity contribution is 7.12. The molecule has 2 aromatic rings. The molecule has 25 heavy (non-hydrogen) atoms. The van der Waals surface area contributed by atoms with Gasteiger partial charge in [-0.05, 0) is 49.6 Å². The van der Waals surface area contributed by atoms with Gasteiger partial charge in [0, 0.05) is 29.4 Å². The van der Waals surface area contributed by atoms with E-state index in [4.69, 9.17) is 0 Å². The van der Waals surface area contributed by atoms with Crippen LogP contribution in [0.2, 0.25) is 0 Å². The van der Waals surface area contributed by atoms with Crippen LogP contribution in [0, 0.1) is 6.92 Å². The molecule has 1 N–H and O–H groups in total. The van der Waals surface area contributed by atoms with E-state index in [0.717, 1.165) is 35.5 Å². The van der Waals surface area contributed by atoms with Crippen molar-refractivity contribution in [3.8, 4) is 0 Å². The molecule has 0 aliphatic carbocycles. The zero-order valence-electron chi connectivity index (χ0n) is 14.6. The fourth-order valence-electron chi connectivity index (χ4n) is 3.26. The fraction of sp³-hybridized carbons (Fsp3) is 0.421. The Morgan fingerprint density at radius 3 is 2.92 bits per heavy atom. The van der Waals surface area contributed by atoms with Crippen LogP contribution in [-0.2, 0) is 22.6 Å². The van der Waals surface area contributed by atoms with E-state index in [1.807, 2.05) is 23.1 Å². The zero-order valence-corrected chi connectivity index (χ0v) is 15.4. The number of thiophene rings is 1. The number of hydrogen-bond acceptors (Lipinski definition) is 4. The highest BCUT2D eigenvalue weighted by atomic mass is 32.1. The van der Waals surface area contributed by atoms with Gasteiger partial charge in [0.15, 0.2) is 0 Å². The third kappa shape index (κ3) is 4.45. The molecular formula is C19H23N3O2S. The molecule has 1 saturated heterocycles. The van der Waals surface area contributed by atoms with Gasteiger partial charge in [-0.3, -0.25) is 14.6 Å². The van der Waals surface area contributed by atoms with Gasteiger partial charge in [-0.25, -0.2) is 0 Å². The molecular weight excluding hydrogens is 334 g/mol. The first-order valence-electron chi connectivity index (χ1n) is 8.57. The Balaban J connectivity index is 1.71. The maximum Gasteiger partial charge on any atom is 0.228 e. The van der Waals surface area contributed by atoms with Crippen molar-refractivity contribution in [1.82, 2.24) is 15.2 Å². The van der Waals surface area contributed by atoms with Crippen LogP contribution in [0.25, 0.3) is 0 Å². The number of carbonyl (C=O) groups excluding carboxylic acids is 2. The van der Waals surface area contributed by atoms with E-state index in [0.29, 0.717) is 13.0 Å². The smallest absolute Gasteiger partial charge is 0.228 e. The summed E-state index contributed by atoms with van der Waals surface area (Å²) in [6.45, 7) is 4.77. The average molecular weight is 357 g/mol. The minimum atomic E-state index is -0.0730. The summed E-state index contributed by atoms with van der Waals surface area (Å²) in [6, 6.07) is 8.18. The van der Waals surface area contributed by atoms with Crippen LogP contribution in [0.5, 0.6) is 0 Å². The molecule has 1 aliphatic rings. The molecule has 5 nitrogen and oxygen atoms in total. The molecule has 1 atom stereocenters. The minimum Gasteiger partial charge on any atom is -0.351 e. The van der Waals surface area contributed by atoms with E-state index in [1.165, 1.54) is 11.8 Å². The normalized spacial score (nSPS) is 16.9. The van der Waals surface area contributed by atoms with E-state index in [2.05, 4.69) is 23.3 Å². The van der Waals surface area contributed by atoms with Crippen molar-refractivity contribution in [3.63, 3.8) is 0 Å². The predicted octanol–water partition coefficient (Wildman–Crippen LogP) is 2.99. The molecule has 0 radical (unpaired) electrons. The van der Waals surface area contributed by atoms with Gasteiger partial charge in [-0.1, -0.05) is 0 Å². The monoisotopic (exact) mass is 357 g/mol. The van der Waals surface area contributed by atoms with Crippen LogP contribution in [0.15, 0.2) is 30.5 Å².